The molecule has 2 N–H and O–H groups in total. The molecule has 0 heterocycles. The van der Waals surface area contributed by atoms with Gasteiger partial charge in [-0.2, -0.15) is 0 Å². The Kier molecular flexibility index (Phi) is 6.65. The number of aryl methyl sites for hydroxylation is 1. The monoisotopic (exact) mass is 382 g/mol. The van der Waals surface area contributed by atoms with E-state index in [1.165, 1.54) is 36.4 Å². The maximum Gasteiger partial charge on any atom is 0.269 e. The Balaban J connectivity index is 2.00. The molecule has 0 aromatic heterocycles. The Morgan fingerprint density at radius 3 is 2.43 bits per heavy atom. The number of anilines is 1. The number of nitrogens with zero attached hydrogens (tertiary/aromatic N) is 1. The molecule has 0 bridgehead atoms. The van der Waals surface area contributed by atoms with Gasteiger partial charge in [0.2, 0.25) is 5.91 Å². The molecule has 0 unspecified atom stereocenters. The molecule has 0 aliphatic rings. The minimum atomic E-state index is -0.501. The van der Waals surface area contributed by atoms with E-state index >= 15 is 0 Å². The number of ketones is 1. The van der Waals surface area contributed by atoms with Crippen molar-refractivity contribution in [3.63, 3.8) is 0 Å². The number of carbonyl (C=O) groups excluding carboxylic acids is 2. The van der Waals surface area contributed by atoms with E-state index in [9.17, 15) is 24.8 Å². The number of benzene rings is 2. The molecule has 0 aliphatic carbocycles. The summed E-state index contributed by atoms with van der Waals surface area (Å²) >= 11 is 0. The van der Waals surface area contributed by atoms with Crippen LogP contribution in [0.25, 0.3) is 6.08 Å². The Hall–Kier alpha value is -3.48. The third-order valence-electron chi connectivity index (χ3n) is 4.17. The SMILES string of the molecule is Cc1cc(O)c(C(C)C)cc1NC(=O)CC(=O)/C=C/c1ccc([N+](=O)[O-])cc1. The first-order chi connectivity index (χ1) is 13.2. The zero-order valence-corrected chi connectivity index (χ0v) is 15.9. The summed E-state index contributed by atoms with van der Waals surface area (Å²) in [6.45, 7) is 5.63. The van der Waals surface area contributed by atoms with Crippen molar-refractivity contribution in [2.24, 2.45) is 0 Å². The predicted molar refractivity (Wildman–Crippen MR) is 107 cm³/mol. The lowest BCUT2D eigenvalue weighted by atomic mass is 9.99. The highest BCUT2D eigenvalue weighted by molar-refractivity contribution is 6.09. The van der Waals surface area contributed by atoms with Crippen LogP contribution in [0.1, 0.15) is 42.9 Å². The predicted octanol–water partition coefficient (Wildman–Crippen LogP) is 4.34. The number of nitro benzene ring substituents is 1. The summed E-state index contributed by atoms with van der Waals surface area (Å²) in [5, 5.41) is 23.3. The Labute approximate surface area is 162 Å². The zero-order chi connectivity index (χ0) is 20.8. The number of hydrogen-bond acceptors (Lipinski definition) is 5. The second-order valence-electron chi connectivity index (χ2n) is 6.75. The first kappa shape index (κ1) is 20.8. The number of nitrogens with one attached hydrogen (secondary N) is 1. The average molecular weight is 382 g/mol. The quantitative estimate of drug-likeness (QED) is 0.243. The topological polar surface area (TPSA) is 110 Å². The van der Waals surface area contributed by atoms with Gasteiger partial charge in [0.15, 0.2) is 5.78 Å². The van der Waals surface area contributed by atoms with E-state index in [1.807, 2.05) is 13.8 Å². The molecule has 2 rings (SSSR count). The molecule has 0 atom stereocenters. The van der Waals surface area contributed by atoms with E-state index in [0.717, 1.165) is 0 Å². The van der Waals surface area contributed by atoms with Crippen LogP contribution in [-0.2, 0) is 9.59 Å². The Bertz CT molecular complexity index is 931. The van der Waals surface area contributed by atoms with Gasteiger partial charge in [-0.1, -0.05) is 19.9 Å². The number of hydrogen-bond donors (Lipinski definition) is 2. The minimum Gasteiger partial charge on any atom is -0.508 e. The summed E-state index contributed by atoms with van der Waals surface area (Å²) in [4.78, 5) is 34.3. The van der Waals surface area contributed by atoms with Crippen molar-refractivity contribution in [2.75, 3.05) is 5.32 Å². The van der Waals surface area contributed by atoms with E-state index in [-0.39, 0.29) is 23.8 Å². The van der Waals surface area contributed by atoms with Crippen LogP contribution >= 0.6 is 0 Å². The molecule has 2 aromatic rings. The standard InChI is InChI=1S/C21H22N2O5/c1-13(2)18-12-19(14(3)10-20(18)25)22-21(26)11-17(24)9-6-15-4-7-16(8-5-15)23(27)28/h4-10,12-13,25H,11H2,1-3H3,(H,22,26)/b9-6+. The average Bonchev–Trinajstić information content (AvgIpc) is 2.62. The molecular weight excluding hydrogens is 360 g/mol. The molecule has 1 amide bonds. The zero-order valence-electron chi connectivity index (χ0n) is 15.9. The number of phenolic OH excluding ortho intramolecular Hbond substituents is 1. The first-order valence-electron chi connectivity index (χ1n) is 8.76. The smallest absolute Gasteiger partial charge is 0.269 e. The number of carbonyl (C=O) groups is 2. The van der Waals surface area contributed by atoms with Gasteiger partial charge in [0.05, 0.1) is 11.3 Å². The lowest BCUT2D eigenvalue weighted by molar-refractivity contribution is -0.384. The van der Waals surface area contributed by atoms with E-state index in [1.54, 1.807) is 19.1 Å². The molecular formula is C21H22N2O5. The van der Waals surface area contributed by atoms with Gasteiger partial charge in [0.1, 0.15) is 5.75 Å². The molecule has 7 heteroatoms. The van der Waals surface area contributed by atoms with Crippen molar-refractivity contribution < 1.29 is 19.6 Å². The van der Waals surface area contributed by atoms with Gasteiger partial charge in [-0.15, -0.1) is 0 Å². The highest BCUT2D eigenvalue weighted by Gasteiger charge is 2.13. The Morgan fingerprint density at radius 1 is 1.21 bits per heavy atom. The number of nitro groups is 1. The van der Waals surface area contributed by atoms with Crippen molar-refractivity contribution in [1.29, 1.82) is 0 Å². The number of non-ortho nitro benzene ring substituents is 1. The summed E-state index contributed by atoms with van der Waals surface area (Å²) in [5.74, 6) is -0.590. The van der Waals surface area contributed by atoms with Crippen molar-refractivity contribution in [1.82, 2.24) is 0 Å². The molecule has 146 valence electrons. The maximum absolute atomic E-state index is 12.2. The van der Waals surface area contributed by atoms with Crippen molar-refractivity contribution in [3.8, 4) is 5.75 Å². The van der Waals surface area contributed by atoms with Gasteiger partial charge in [0, 0.05) is 17.8 Å². The fourth-order valence-electron chi connectivity index (χ4n) is 2.61. The number of aromatic hydroxyl groups is 1. The van der Waals surface area contributed by atoms with Crippen LogP contribution in [0.5, 0.6) is 5.75 Å². The van der Waals surface area contributed by atoms with Crippen LogP contribution in [0, 0.1) is 17.0 Å². The molecule has 0 aliphatic heterocycles. The largest absolute Gasteiger partial charge is 0.508 e. The third kappa shape index (κ3) is 5.51. The molecule has 28 heavy (non-hydrogen) atoms. The first-order valence-corrected chi connectivity index (χ1v) is 8.76. The highest BCUT2D eigenvalue weighted by Crippen LogP contribution is 2.31. The fourth-order valence-corrected chi connectivity index (χ4v) is 2.61. The van der Waals surface area contributed by atoms with E-state index in [4.69, 9.17) is 0 Å². The molecule has 0 saturated carbocycles. The van der Waals surface area contributed by atoms with Crippen molar-refractivity contribution >= 4 is 29.1 Å². The number of phenols is 1. The van der Waals surface area contributed by atoms with Crippen LogP contribution in [0.3, 0.4) is 0 Å². The number of rotatable bonds is 7. The van der Waals surface area contributed by atoms with Crippen LogP contribution < -0.4 is 5.32 Å². The van der Waals surface area contributed by atoms with E-state index < -0.39 is 16.6 Å². The Morgan fingerprint density at radius 2 is 1.86 bits per heavy atom. The van der Waals surface area contributed by atoms with Crippen LogP contribution in [0.4, 0.5) is 11.4 Å². The highest BCUT2D eigenvalue weighted by atomic mass is 16.6. The molecule has 0 spiro atoms. The fraction of sp³-hybridized carbons (Fsp3) is 0.238. The minimum absolute atomic E-state index is 0.0344. The van der Waals surface area contributed by atoms with Crippen LogP contribution in [-0.4, -0.2) is 21.7 Å². The molecule has 2 aromatic carbocycles. The second-order valence-corrected chi connectivity index (χ2v) is 6.75. The lowest BCUT2D eigenvalue weighted by Crippen LogP contribution is -2.16. The van der Waals surface area contributed by atoms with Gasteiger partial charge < -0.3 is 10.4 Å². The summed E-state index contributed by atoms with van der Waals surface area (Å²) in [7, 11) is 0. The summed E-state index contributed by atoms with van der Waals surface area (Å²) in [6, 6.07) is 9.03. The number of amides is 1. The van der Waals surface area contributed by atoms with E-state index in [0.29, 0.717) is 22.4 Å². The van der Waals surface area contributed by atoms with E-state index in [2.05, 4.69) is 5.32 Å². The molecule has 7 nitrogen and oxygen atoms in total. The lowest BCUT2D eigenvalue weighted by Gasteiger charge is -2.14. The van der Waals surface area contributed by atoms with Gasteiger partial charge in [-0.25, -0.2) is 0 Å². The molecule has 0 fully saturated rings. The van der Waals surface area contributed by atoms with Gasteiger partial charge >= 0.3 is 0 Å². The van der Waals surface area contributed by atoms with Gasteiger partial charge in [-0.05, 0) is 59.9 Å². The summed E-state index contributed by atoms with van der Waals surface area (Å²) in [6.07, 6.45) is 2.44. The van der Waals surface area contributed by atoms with Crippen molar-refractivity contribution in [3.05, 3.63) is 69.3 Å². The van der Waals surface area contributed by atoms with Crippen molar-refractivity contribution in [2.45, 2.75) is 33.1 Å². The summed E-state index contributed by atoms with van der Waals surface area (Å²) in [5.41, 5.74) is 2.55. The second kappa shape index (κ2) is 8.94. The maximum atomic E-state index is 12.2. The molecule has 0 saturated heterocycles. The third-order valence-corrected chi connectivity index (χ3v) is 4.17. The van der Waals surface area contributed by atoms with Gasteiger partial charge in [0.25, 0.3) is 5.69 Å². The summed E-state index contributed by atoms with van der Waals surface area (Å²) < 4.78 is 0. The van der Waals surface area contributed by atoms with Crippen LogP contribution in [0.2, 0.25) is 0 Å². The van der Waals surface area contributed by atoms with Gasteiger partial charge in [-0.3, -0.25) is 19.7 Å². The number of allylic oxidation sites excluding steroid dienone is 1. The normalized spacial score (nSPS) is 11.0. The molecule has 0 radical (unpaired) electrons. The van der Waals surface area contributed by atoms with Crippen LogP contribution in [0.15, 0.2) is 42.5 Å².